The Balaban J connectivity index is 0. The smallest absolute Gasteiger partial charge is 1.00 e. The summed E-state index contributed by atoms with van der Waals surface area (Å²) in [6.07, 6.45) is 1.36. The molecule has 0 bridgehead atoms. The van der Waals surface area contributed by atoms with Crippen LogP contribution in [0.5, 0.6) is 0 Å². The summed E-state index contributed by atoms with van der Waals surface area (Å²) in [5.41, 5.74) is 0.534. The second-order valence-corrected chi connectivity index (χ2v) is 1.87. The van der Waals surface area contributed by atoms with Crippen molar-refractivity contribution in [3.8, 4) is 0 Å². The van der Waals surface area contributed by atoms with Gasteiger partial charge in [-0.15, -0.1) is 0 Å². The van der Waals surface area contributed by atoms with E-state index in [9.17, 15) is 10.1 Å². The van der Waals surface area contributed by atoms with E-state index in [2.05, 4.69) is 11.9 Å². The SMILES string of the molecule is [CH2-]c1cnc([N+](=O)[O-])n1C.[I-].[K+]. The molecule has 0 aromatic carbocycles. The van der Waals surface area contributed by atoms with Crippen molar-refractivity contribution in [1.82, 2.24) is 9.55 Å². The Kier molecular flexibility index (Phi) is 8.07. The molecule has 1 heterocycles. The molecule has 1 aromatic heterocycles. The normalized spacial score (nSPS) is 8.08. The summed E-state index contributed by atoms with van der Waals surface area (Å²) in [5.74, 6) is -0.176. The van der Waals surface area contributed by atoms with Gasteiger partial charge >= 0.3 is 57.3 Å². The summed E-state index contributed by atoms with van der Waals surface area (Å²) < 4.78 is 1.32. The number of hydrogen-bond acceptors (Lipinski definition) is 3. The molecule has 0 radical (unpaired) electrons. The zero-order chi connectivity index (χ0) is 7.72. The van der Waals surface area contributed by atoms with Crippen molar-refractivity contribution in [1.29, 1.82) is 0 Å². The Hall–Kier alpha value is 0.846. The zero-order valence-electron chi connectivity index (χ0n) is 6.82. The van der Waals surface area contributed by atoms with E-state index in [1.54, 1.807) is 7.05 Å². The summed E-state index contributed by atoms with van der Waals surface area (Å²) in [5, 5.41) is 10.1. The van der Waals surface area contributed by atoms with E-state index in [0.717, 1.165) is 0 Å². The Bertz CT molecular complexity index is 276. The minimum atomic E-state index is -0.547. The fourth-order valence-electron chi connectivity index (χ4n) is 0.604. The molecule has 0 aliphatic heterocycles. The van der Waals surface area contributed by atoms with Gasteiger partial charge in [-0.05, 0) is 16.8 Å². The van der Waals surface area contributed by atoms with Gasteiger partial charge in [0, 0.05) is 0 Å². The first-order valence-corrected chi connectivity index (χ1v) is 2.61. The summed E-state index contributed by atoms with van der Waals surface area (Å²) in [4.78, 5) is 13.1. The van der Waals surface area contributed by atoms with Gasteiger partial charge in [0.2, 0.25) is 0 Å². The van der Waals surface area contributed by atoms with Crippen LogP contribution in [-0.2, 0) is 7.05 Å². The Labute approximate surface area is 130 Å². The maximum Gasteiger partial charge on any atom is 1.00 e. The van der Waals surface area contributed by atoms with E-state index in [1.165, 1.54) is 10.8 Å². The van der Waals surface area contributed by atoms with Crippen molar-refractivity contribution in [3.05, 3.63) is 28.9 Å². The second-order valence-electron chi connectivity index (χ2n) is 1.87. The molecule has 0 aliphatic carbocycles. The molecular weight excluding hydrogens is 300 g/mol. The topological polar surface area (TPSA) is 61.0 Å². The summed E-state index contributed by atoms with van der Waals surface area (Å²) in [6, 6.07) is 0. The van der Waals surface area contributed by atoms with Gasteiger partial charge in [0.25, 0.3) is 0 Å². The van der Waals surface area contributed by atoms with Crippen molar-refractivity contribution in [2.24, 2.45) is 7.05 Å². The monoisotopic (exact) mass is 306 g/mol. The van der Waals surface area contributed by atoms with Crippen LogP contribution >= 0.6 is 0 Å². The van der Waals surface area contributed by atoms with Gasteiger partial charge < -0.3 is 34.1 Å². The Morgan fingerprint density at radius 1 is 1.75 bits per heavy atom. The molecule has 0 N–H and O–H groups in total. The van der Waals surface area contributed by atoms with Crippen LogP contribution in [0.15, 0.2) is 6.20 Å². The van der Waals surface area contributed by atoms with Gasteiger partial charge in [0.05, 0.1) is 7.05 Å². The molecule has 0 amide bonds. The predicted octanol–water partition coefficient (Wildman–Crippen LogP) is -5.48. The van der Waals surface area contributed by atoms with Crippen LogP contribution in [-0.4, -0.2) is 14.5 Å². The third-order valence-electron chi connectivity index (χ3n) is 1.22. The first-order chi connectivity index (χ1) is 4.63. The van der Waals surface area contributed by atoms with E-state index >= 15 is 0 Å². The fraction of sp³-hybridized carbons (Fsp3) is 0.200. The molecule has 7 heteroatoms. The number of aromatic nitrogens is 2. The quantitative estimate of drug-likeness (QED) is 0.171. The first-order valence-electron chi connectivity index (χ1n) is 2.61. The van der Waals surface area contributed by atoms with Crippen molar-refractivity contribution in [3.63, 3.8) is 0 Å². The molecule has 0 aliphatic rings. The molecule has 0 unspecified atom stereocenters. The van der Waals surface area contributed by atoms with Crippen LogP contribution in [0.25, 0.3) is 0 Å². The Morgan fingerprint density at radius 2 is 2.25 bits per heavy atom. The van der Waals surface area contributed by atoms with Crippen molar-refractivity contribution >= 4 is 5.95 Å². The molecule has 1 rings (SSSR count). The zero-order valence-corrected chi connectivity index (χ0v) is 12.1. The molecule has 0 spiro atoms. The van der Waals surface area contributed by atoms with Gasteiger partial charge in [0.15, 0.2) is 0 Å². The number of nitro groups is 1. The number of rotatable bonds is 1. The van der Waals surface area contributed by atoms with Crippen LogP contribution in [0, 0.1) is 17.0 Å². The maximum atomic E-state index is 10.1. The minimum Gasteiger partial charge on any atom is -1.00 e. The predicted molar refractivity (Wildman–Crippen MR) is 34.3 cm³/mol. The molecule has 1 aromatic rings. The Morgan fingerprint density at radius 3 is 2.42 bits per heavy atom. The van der Waals surface area contributed by atoms with E-state index in [0.29, 0.717) is 5.69 Å². The van der Waals surface area contributed by atoms with Crippen LogP contribution in [0.2, 0.25) is 0 Å². The standard InChI is InChI=1S/C5H6N3O2.HI.K/c1-4-3-6-5(7(4)2)8(9)10;;/h3H,1H2,2H3;1H;/q-1;;+1/p-1. The average Bonchev–Trinajstić information content (AvgIpc) is 2.14. The fourth-order valence-corrected chi connectivity index (χ4v) is 0.604. The van der Waals surface area contributed by atoms with Gasteiger partial charge in [-0.25, -0.2) is 6.92 Å². The number of nitrogens with zero attached hydrogens (tertiary/aromatic N) is 3. The molecular formula is C5H6IKN3O2-. The van der Waals surface area contributed by atoms with Crippen LogP contribution in [0.1, 0.15) is 5.69 Å². The van der Waals surface area contributed by atoms with Crippen LogP contribution < -0.4 is 75.4 Å². The van der Waals surface area contributed by atoms with E-state index in [-0.39, 0.29) is 81.3 Å². The third-order valence-corrected chi connectivity index (χ3v) is 1.22. The van der Waals surface area contributed by atoms with Crippen LogP contribution in [0.4, 0.5) is 5.95 Å². The number of imidazole rings is 1. The van der Waals surface area contributed by atoms with Crippen molar-refractivity contribution < 1.29 is 80.3 Å². The minimum absolute atomic E-state index is 0. The molecule has 5 nitrogen and oxygen atoms in total. The van der Waals surface area contributed by atoms with Gasteiger partial charge in [0.1, 0.15) is 0 Å². The van der Waals surface area contributed by atoms with E-state index in [1.807, 2.05) is 0 Å². The molecule has 12 heavy (non-hydrogen) atoms. The van der Waals surface area contributed by atoms with Gasteiger partial charge in [-0.1, -0.05) is 0 Å². The molecule has 0 saturated heterocycles. The van der Waals surface area contributed by atoms with Gasteiger partial charge in [-0.3, -0.25) is 4.57 Å². The first kappa shape index (κ1) is 15.3. The molecule has 0 saturated carbocycles. The largest absolute Gasteiger partial charge is 1.00 e. The summed E-state index contributed by atoms with van der Waals surface area (Å²) >= 11 is 0. The summed E-state index contributed by atoms with van der Waals surface area (Å²) in [6.45, 7) is 3.52. The van der Waals surface area contributed by atoms with E-state index in [4.69, 9.17) is 0 Å². The van der Waals surface area contributed by atoms with Crippen LogP contribution in [0.3, 0.4) is 0 Å². The second kappa shape index (κ2) is 6.32. The summed E-state index contributed by atoms with van der Waals surface area (Å²) in [7, 11) is 1.55. The van der Waals surface area contributed by atoms with E-state index < -0.39 is 4.92 Å². The molecule has 0 fully saturated rings. The average molecular weight is 306 g/mol. The number of hydrogen-bond donors (Lipinski definition) is 0. The third kappa shape index (κ3) is 3.30. The van der Waals surface area contributed by atoms with Gasteiger partial charge in [-0.2, -0.15) is 4.98 Å². The molecule has 62 valence electrons. The maximum absolute atomic E-state index is 10.1. The van der Waals surface area contributed by atoms with Crippen molar-refractivity contribution in [2.75, 3.05) is 0 Å². The number of halogens is 1. The molecule has 0 atom stereocenters. The van der Waals surface area contributed by atoms with Crippen molar-refractivity contribution in [2.45, 2.75) is 0 Å².